The van der Waals surface area contributed by atoms with E-state index in [0.29, 0.717) is 11.4 Å². The summed E-state index contributed by atoms with van der Waals surface area (Å²) >= 11 is 8.11. The zero-order chi connectivity index (χ0) is 26.3. The van der Waals surface area contributed by atoms with E-state index in [2.05, 4.69) is 46.2 Å². The summed E-state index contributed by atoms with van der Waals surface area (Å²) < 4.78 is 2.09. The number of carbonyl (C=O) groups is 1. The maximum Gasteiger partial charge on any atom is 0.223 e. The van der Waals surface area contributed by atoms with E-state index in [1.165, 1.54) is 12.0 Å². The fraction of sp³-hybridized carbons (Fsp3) is 0.323. The number of halogens is 1. The van der Waals surface area contributed by atoms with Crippen molar-refractivity contribution in [2.45, 2.75) is 62.4 Å². The molecule has 1 N–H and O–H groups in total. The first-order valence-corrected chi connectivity index (χ1v) is 14.7. The van der Waals surface area contributed by atoms with Gasteiger partial charge in [-0.3, -0.25) is 9.36 Å². The Morgan fingerprint density at radius 3 is 2.37 bits per heavy atom. The lowest BCUT2D eigenvalue weighted by Crippen LogP contribution is -2.37. The predicted molar refractivity (Wildman–Crippen MR) is 155 cm³/mol. The molecule has 7 heteroatoms. The third-order valence-electron chi connectivity index (χ3n) is 7.17. The minimum Gasteiger partial charge on any atom is -0.345 e. The lowest BCUT2D eigenvalue weighted by atomic mass is 9.88. The number of nitrogens with zero attached hydrogens (tertiary/aromatic N) is 3. The summed E-state index contributed by atoms with van der Waals surface area (Å²) in [4.78, 5) is 13.5. The molecule has 5 nitrogen and oxygen atoms in total. The number of hydrogen-bond acceptors (Lipinski definition) is 4. The van der Waals surface area contributed by atoms with Crippen molar-refractivity contribution in [2.24, 2.45) is 5.92 Å². The van der Waals surface area contributed by atoms with Gasteiger partial charge in [-0.1, -0.05) is 109 Å². The highest BCUT2D eigenvalue weighted by Crippen LogP contribution is 2.32. The second-order valence-corrected chi connectivity index (χ2v) is 11.3. The molecular formula is C31H33ClN4OS. The third kappa shape index (κ3) is 6.48. The van der Waals surface area contributed by atoms with Crippen LogP contribution in [0, 0.1) is 12.8 Å². The van der Waals surface area contributed by atoms with E-state index in [1.54, 1.807) is 11.8 Å². The fourth-order valence-corrected chi connectivity index (χ4v) is 6.16. The molecule has 1 saturated carbocycles. The summed E-state index contributed by atoms with van der Waals surface area (Å²) in [6.45, 7) is 2.06. The Bertz CT molecular complexity index is 1350. The molecule has 196 valence electrons. The summed E-state index contributed by atoms with van der Waals surface area (Å²) in [5.74, 6) is 1.65. The minimum absolute atomic E-state index is 0.0539. The topological polar surface area (TPSA) is 59.8 Å². The van der Waals surface area contributed by atoms with Gasteiger partial charge >= 0.3 is 0 Å². The molecule has 0 spiro atoms. The van der Waals surface area contributed by atoms with E-state index < -0.39 is 0 Å². The monoisotopic (exact) mass is 544 g/mol. The summed E-state index contributed by atoms with van der Waals surface area (Å²) in [5.41, 5.74) is 4.34. The average molecular weight is 545 g/mol. The first-order valence-electron chi connectivity index (χ1n) is 13.3. The quantitative estimate of drug-likeness (QED) is 0.222. The minimum atomic E-state index is -0.330. The number of benzene rings is 3. The van der Waals surface area contributed by atoms with Crippen molar-refractivity contribution in [3.63, 3.8) is 0 Å². The Labute approximate surface area is 234 Å². The number of aromatic nitrogens is 3. The van der Waals surface area contributed by atoms with Gasteiger partial charge in [0.1, 0.15) is 0 Å². The number of amides is 1. The molecule has 0 aliphatic heterocycles. The summed E-state index contributed by atoms with van der Waals surface area (Å²) in [7, 11) is 0. The Kier molecular flexibility index (Phi) is 8.82. The largest absolute Gasteiger partial charge is 0.345 e. The summed E-state index contributed by atoms with van der Waals surface area (Å²) in [6, 6.07) is 26.1. The highest BCUT2D eigenvalue weighted by Gasteiger charge is 2.29. The van der Waals surface area contributed by atoms with Gasteiger partial charge in [-0.15, -0.1) is 10.2 Å². The van der Waals surface area contributed by atoms with E-state index >= 15 is 0 Å². The molecule has 4 aromatic rings. The van der Waals surface area contributed by atoms with Crippen molar-refractivity contribution >= 4 is 29.3 Å². The second-order valence-electron chi connectivity index (χ2n) is 9.97. The second kappa shape index (κ2) is 12.6. The predicted octanol–water partition coefficient (Wildman–Crippen LogP) is 7.50. The van der Waals surface area contributed by atoms with Crippen molar-refractivity contribution in [3.05, 3.63) is 106 Å². The Morgan fingerprint density at radius 1 is 0.974 bits per heavy atom. The van der Waals surface area contributed by atoms with Crippen molar-refractivity contribution in [2.75, 3.05) is 0 Å². The number of aryl methyl sites for hydroxylation is 1. The number of rotatable bonds is 9. The maximum absolute atomic E-state index is 13.5. The van der Waals surface area contributed by atoms with Crippen LogP contribution >= 0.6 is 23.4 Å². The first kappa shape index (κ1) is 26.5. The van der Waals surface area contributed by atoms with Gasteiger partial charge in [0.15, 0.2) is 11.0 Å². The first-order chi connectivity index (χ1) is 18.6. The van der Waals surface area contributed by atoms with Crippen LogP contribution in [0.4, 0.5) is 0 Å². The van der Waals surface area contributed by atoms with Crippen LogP contribution in [0.3, 0.4) is 0 Å². The Morgan fingerprint density at radius 2 is 1.66 bits per heavy atom. The van der Waals surface area contributed by atoms with Crippen LogP contribution in [0.15, 0.2) is 84.0 Å². The SMILES string of the molecule is Cc1ccc(Cl)cc1-n1c(SCc2ccccc2)nnc1C(Cc1ccccc1)NC(=O)C1CCCCC1. The normalized spacial score (nSPS) is 14.8. The van der Waals surface area contributed by atoms with Gasteiger partial charge in [0.25, 0.3) is 0 Å². The molecule has 1 amide bonds. The van der Waals surface area contributed by atoms with Crippen molar-refractivity contribution in [1.29, 1.82) is 0 Å². The lowest BCUT2D eigenvalue weighted by molar-refractivity contribution is -0.126. The zero-order valence-electron chi connectivity index (χ0n) is 21.6. The van der Waals surface area contributed by atoms with Crippen LogP contribution in [0.5, 0.6) is 0 Å². The fourth-order valence-electron chi connectivity index (χ4n) is 5.08. The highest BCUT2D eigenvalue weighted by atomic mass is 35.5. The van der Waals surface area contributed by atoms with Gasteiger partial charge in [-0.05, 0) is 55.0 Å². The molecule has 38 heavy (non-hydrogen) atoms. The van der Waals surface area contributed by atoms with E-state index in [0.717, 1.165) is 59.2 Å². The van der Waals surface area contributed by atoms with Crippen molar-refractivity contribution < 1.29 is 4.79 Å². The van der Waals surface area contributed by atoms with E-state index in [1.807, 2.05) is 54.6 Å². The van der Waals surface area contributed by atoms with Crippen LogP contribution < -0.4 is 5.32 Å². The molecule has 1 unspecified atom stereocenters. The highest BCUT2D eigenvalue weighted by molar-refractivity contribution is 7.98. The van der Waals surface area contributed by atoms with Gasteiger partial charge in [0, 0.05) is 16.7 Å². The number of hydrogen-bond donors (Lipinski definition) is 1. The molecule has 3 aromatic carbocycles. The molecule has 1 atom stereocenters. The molecule has 0 radical (unpaired) electrons. The van der Waals surface area contributed by atoms with E-state index in [9.17, 15) is 4.79 Å². The Balaban J connectivity index is 1.54. The molecule has 0 saturated heterocycles. The number of nitrogens with one attached hydrogen (secondary N) is 1. The van der Waals surface area contributed by atoms with Crippen LogP contribution in [0.2, 0.25) is 5.02 Å². The average Bonchev–Trinajstić information content (AvgIpc) is 3.38. The smallest absolute Gasteiger partial charge is 0.223 e. The molecule has 1 fully saturated rings. The van der Waals surface area contributed by atoms with Gasteiger partial charge in [-0.25, -0.2) is 0 Å². The Hall–Kier alpha value is -3.09. The molecule has 5 rings (SSSR count). The van der Waals surface area contributed by atoms with Gasteiger partial charge in [0.2, 0.25) is 5.91 Å². The van der Waals surface area contributed by atoms with Crippen molar-refractivity contribution in [3.8, 4) is 5.69 Å². The van der Waals surface area contributed by atoms with Gasteiger partial charge < -0.3 is 5.32 Å². The number of thioether (sulfide) groups is 1. The van der Waals surface area contributed by atoms with Crippen LogP contribution in [-0.2, 0) is 17.0 Å². The lowest BCUT2D eigenvalue weighted by Gasteiger charge is -2.25. The van der Waals surface area contributed by atoms with Crippen LogP contribution in [0.1, 0.15) is 60.7 Å². The van der Waals surface area contributed by atoms with Gasteiger partial charge in [0.05, 0.1) is 11.7 Å². The van der Waals surface area contributed by atoms with Crippen molar-refractivity contribution in [1.82, 2.24) is 20.1 Å². The molecule has 1 aliphatic carbocycles. The summed E-state index contributed by atoms with van der Waals surface area (Å²) in [5, 5.41) is 14.2. The molecular weight excluding hydrogens is 512 g/mol. The number of carbonyl (C=O) groups excluding carboxylic acids is 1. The van der Waals surface area contributed by atoms with Crippen LogP contribution in [-0.4, -0.2) is 20.7 Å². The van der Waals surface area contributed by atoms with Gasteiger partial charge in [-0.2, -0.15) is 0 Å². The van der Waals surface area contributed by atoms with E-state index in [-0.39, 0.29) is 17.9 Å². The molecule has 1 aliphatic rings. The molecule has 1 heterocycles. The zero-order valence-corrected chi connectivity index (χ0v) is 23.2. The summed E-state index contributed by atoms with van der Waals surface area (Å²) in [6.07, 6.45) is 5.95. The molecule has 1 aromatic heterocycles. The standard InChI is InChI=1S/C31H33ClN4OS/c1-22-17-18-26(32)20-28(22)36-29(34-35-31(36)38-21-24-13-7-3-8-14-24)27(19-23-11-5-2-6-12-23)33-30(37)25-15-9-4-10-16-25/h2-3,5-8,11-14,17-18,20,25,27H,4,9-10,15-16,19,21H2,1H3,(H,33,37). The third-order valence-corrected chi connectivity index (χ3v) is 8.40. The maximum atomic E-state index is 13.5. The van der Waals surface area contributed by atoms with Crippen LogP contribution in [0.25, 0.3) is 5.69 Å². The molecule has 0 bridgehead atoms. The van der Waals surface area contributed by atoms with E-state index in [4.69, 9.17) is 16.7 Å².